The van der Waals surface area contributed by atoms with Crippen LogP contribution in [-0.4, -0.2) is 54.3 Å². The Labute approximate surface area is 152 Å². The zero-order valence-electron chi connectivity index (χ0n) is 15.1. The summed E-state index contributed by atoms with van der Waals surface area (Å²) >= 11 is 0. The van der Waals surface area contributed by atoms with Gasteiger partial charge in [-0.05, 0) is 42.3 Å². The normalized spacial score (nSPS) is 21.4. The highest BCUT2D eigenvalue weighted by atomic mass is 16.5. The van der Waals surface area contributed by atoms with Gasteiger partial charge in [-0.15, -0.1) is 0 Å². The van der Waals surface area contributed by atoms with Gasteiger partial charge in [-0.3, -0.25) is 4.79 Å². The van der Waals surface area contributed by atoms with E-state index in [0.29, 0.717) is 6.54 Å². The molecule has 2 aromatic rings. The predicted molar refractivity (Wildman–Crippen MR) is 97.5 cm³/mol. The molecule has 1 fully saturated rings. The van der Waals surface area contributed by atoms with Crippen molar-refractivity contribution in [2.45, 2.75) is 32.0 Å². The fraction of sp³-hybridized carbons (Fsp3) is 0.400. The van der Waals surface area contributed by atoms with Crippen LogP contribution in [0.3, 0.4) is 0 Å². The van der Waals surface area contributed by atoms with Gasteiger partial charge in [0.15, 0.2) is 6.10 Å². The summed E-state index contributed by atoms with van der Waals surface area (Å²) in [6.07, 6.45) is -1.27. The molecule has 0 saturated carbocycles. The van der Waals surface area contributed by atoms with Crippen LogP contribution >= 0.6 is 0 Å². The van der Waals surface area contributed by atoms with Gasteiger partial charge in [0.05, 0.1) is 25.7 Å². The number of fused-ring (bicyclic) bond motifs is 1. The first kappa shape index (κ1) is 18.2. The zero-order valence-corrected chi connectivity index (χ0v) is 15.1. The molecule has 138 valence electrons. The summed E-state index contributed by atoms with van der Waals surface area (Å²) in [6, 6.07) is 11.7. The lowest BCUT2D eigenvalue weighted by atomic mass is 9.96. The third kappa shape index (κ3) is 3.65. The smallest absolute Gasteiger partial charge is 0.334 e. The van der Waals surface area contributed by atoms with Crippen molar-refractivity contribution in [1.82, 2.24) is 4.90 Å². The van der Waals surface area contributed by atoms with Crippen molar-refractivity contribution in [3.8, 4) is 5.75 Å². The number of amides is 1. The third-order valence-electron chi connectivity index (χ3n) is 4.79. The molecule has 0 aliphatic carbocycles. The molecular formula is C20H23NO5. The maximum absolute atomic E-state index is 12.9. The monoisotopic (exact) mass is 357 g/mol. The number of methoxy groups -OCH3 is 1. The molecule has 2 unspecified atom stereocenters. The fourth-order valence-corrected chi connectivity index (χ4v) is 3.32. The lowest BCUT2D eigenvalue weighted by molar-refractivity contribution is -0.166. The Hall–Kier alpha value is -2.60. The second kappa shape index (κ2) is 7.33. The Kier molecular flexibility index (Phi) is 5.13. The Morgan fingerprint density at radius 3 is 2.58 bits per heavy atom. The van der Waals surface area contributed by atoms with E-state index < -0.39 is 12.1 Å². The van der Waals surface area contributed by atoms with Gasteiger partial charge in [-0.1, -0.05) is 24.3 Å². The number of benzene rings is 2. The Bertz CT molecular complexity index is 834. The molecule has 1 aliphatic heterocycles. The van der Waals surface area contributed by atoms with E-state index in [2.05, 4.69) is 0 Å². The molecule has 6 nitrogen and oxygen atoms in total. The first-order valence-electron chi connectivity index (χ1n) is 8.63. The third-order valence-corrected chi connectivity index (χ3v) is 4.79. The lowest BCUT2D eigenvalue weighted by Crippen LogP contribution is -2.52. The van der Waals surface area contributed by atoms with Gasteiger partial charge in [0.25, 0.3) is 0 Å². The number of carboxylic acid groups (broad SMARTS) is 1. The van der Waals surface area contributed by atoms with Crippen LogP contribution < -0.4 is 4.74 Å². The van der Waals surface area contributed by atoms with Crippen LogP contribution in [-0.2, 0) is 14.3 Å². The molecular weight excluding hydrogens is 334 g/mol. The molecule has 6 heteroatoms. The summed E-state index contributed by atoms with van der Waals surface area (Å²) in [4.78, 5) is 25.7. The number of aliphatic carboxylic acids is 1. The highest BCUT2D eigenvalue weighted by Gasteiger charge is 2.34. The quantitative estimate of drug-likeness (QED) is 0.910. The van der Waals surface area contributed by atoms with Crippen molar-refractivity contribution in [3.05, 3.63) is 42.0 Å². The van der Waals surface area contributed by atoms with Crippen LogP contribution in [0.4, 0.5) is 0 Å². The molecule has 1 saturated heterocycles. The number of morpholine rings is 1. The summed E-state index contributed by atoms with van der Waals surface area (Å²) in [5.74, 6) is -0.696. The minimum absolute atomic E-state index is 0.0770. The van der Waals surface area contributed by atoms with E-state index in [1.165, 1.54) is 0 Å². The second-order valence-electron chi connectivity index (χ2n) is 6.71. The van der Waals surface area contributed by atoms with E-state index in [9.17, 15) is 14.7 Å². The van der Waals surface area contributed by atoms with Crippen molar-refractivity contribution in [1.29, 1.82) is 0 Å². The maximum atomic E-state index is 12.9. The number of carbonyl (C=O) groups excluding carboxylic acids is 1. The molecule has 0 aromatic heterocycles. The Morgan fingerprint density at radius 1 is 1.19 bits per heavy atom. The van der Waals surface area contributed by atoms with Gasteiger partial charge < -0.3 is 19.5 Å². The Balaban J connectivity index is 1.81. The molecule has 3 rings (SSSR count). The van der Waals surface area contributed by atoms with Crippen LogP contribution in [0, 0.1) is 0 Å². The summed E-state index contributed by atoms with van der Waals surface area (Å²) in [7, 11) is 1.63. The number of rotatable bonds is 4. The molecule has 1 aliphatic rings. The van der Waals surface area contributed by atoms with E-state index in [1.807, 2.05) is 43.3 Å². The molecule has 0 radical (unpaired) electrons. The SMILES string of the molecule is COc1ccc2cc(C(C)C(=O)N3CC(C(=O)O)O[C@H](C)C3)ccc2c1. The van der Waals surface area contributed by atoms with E-state index in [-0.39, 0.29) is 24.5 Å². The fourth-order valence-electron chi connectivity index (χ4n) is 3.32. The largest absolute Gasteiger partial charge is 0.497 e. The second-order valence-corrected chi connectivity index (χ2v) is 6.71. The first-order valence-corrected chi connectivity index (χ1v) is 8.63. The maximum Gasteiger partial charge on any atom is 0.334 e. The average molecular weight is 357 g/mol. The number of nitrogens with zero attached hydrogens (tertiary/aromatic N) is 1. The molecule has 0 spiro atoms. The van der Waals surface area contributed by atoms with Crippen LogP contribution in [0.1, 0.15) is 25.3 Å². The first-order chi connectivity index (χ1) is 12.4. The molecule has 1 N–H and O–H groups in total. The number of ether oxygens (including phenoxy) is 2. The molecule has 2 aromatic carbocycles. The zero-order chi connectivity index (χ0) is 18.8. The van der Waals surface area contributed by atoms with Crippen molar-refractivity contribution >= 4 is 22.6 Å². The summed E-state index contributed by atoms with van der Waals surface area (Å²) < 4.78 is 10.6. The number of hydrogen-bond acceptors (Lipinski definition) is 4. The standard InChI is InChI=1S/C20H23NO5/c1-12-10-21(11-18(26-12)20(23)24)19(22)13(2)14-4-5-16-9-17(25-3)7-6-15(16)8-14/h4-9,12-13,18H,10-11H2,1-3H3,(H,23,24)/t12-,13?,18?/m1/s1. The van der Waals surface area contributed by atoms with Crippen LogP contribution in [0.5, 0.6) is 5.75 Å². The van der Waals surface area contributed by atoms with E-state index in [4.69, 9.17) is 9.47 Å². The minimum atomic E-state index is -1.04. The topological polar surface area (TPSA) is 76.1 Å². The van der Waals surface area contributed by atoms with Crippen LogP contribution in [0.15, 0.2) is 36.4 Å². The van der Waals surface area contributed by atoms with E-state index >= 15 is 0 Å². The van der Waals surface area contributed by atoms with Gasteiger partial charge in [-0.2, -0.15) is 0 Å². The lowest BCUT2D eigenvalue weighted by Gasteiger charge is -2.36. The van der Waals surface area contributed by atoms with Gasteiger partial charge in [-0.25, -0.2) is 4.79 Å². The highest BCUT2D eigenvalue weighted by molar-refractivity contribution is 5.88. The van der Waals surface area contributed by atoms with Crippen LogP contribution in [0.25, 0.3) is 10.8 Å². The van der Waals surface area contributed by atoms with Gasteiger partial charge in [0.1, 0.15) is 5.75 Å². The number of carbonyl (C=O) groups is 2. The van der Waals surface area contributed by atoms with Crippen molar-refractivity contribution in [2.75, 3.05) is 20.2 Å². The summed E-state index contributed by atoms with van der Waals surface area (Å²) in [5, 5.41) is 11.3. The minimum Gasteiger partial charge on any atom is -0.497 e. The van der Waals surface area contributed by atoms with E-state index in [0.717, 1.165) is 22.1 Å². The van der Waals surface area contributed by atoms with Gasteiger partial charge >= 0.3 is 5.97 Å². The number of hydrogen-bond donors (Lipinski definition) is 1. The Morgan fingerprint density at radius 2 is 1.88 bits per heavy atom. The molecule has 1 heterocycles. The number of carboxylic acids is 1. The molecule has 3 atom stereocenters. The van der Waals surface area contributed by atoms with E-state index in [1.54, 1.807) is 18.9 Å². The molecule has 26 heavy (non-hydrogen) atoms. The molecule has 0 bridgehead atoms. The average Bonchev–Trinajstić information content (AvgIpc) is 2.65. The van der Waals surface area contributed by atoms with Crippen molar-refractivity contribution < 1.29 is 24.2 Å². The van der Waals surface area contributed by atoms with Crippen molar-refractivity contribution in [2.24, 2.45) is 0 Å². The summed E-state index contributed by atoms with van der Waals surface area (Å²) in [5.41, 5.74) is 0.902. The van der Waals surface area contributed by atoms with Gasteiger partial charge in [0.2, 0.25) is 5.91 Å². The molecule has 1 amide bonds. The highest BCUT2D eigenvalue weighted by Crippen LogP contribution is 2.27. The summed E-state index contributed by atoms with van der Waals surface area (Å²) in [6.45, 7) is 4.11. The van der Waals surface area contributed by atoms with Crippen LogP contribution in [0.2, 0.25) is 0 Å². The van der Waals surface area contributed by atoms with Gasteiger partial charge in [0, 0.05) is 6.54 Å². The predicted octanol–water partition coefficient (Wildman–Crippen LogP) is 2.65. The van der Waals surface area contributed by atoms with Crippen molar-refractivity contribution in [3.63, 3.8) is 0 Å².